The average molecular weight is 323 g/mol. The van der Waals surface area contributed by atoms with E-state index in [1.165, 1.54) is 51.7 Å². The maximum absolute atomic E-state index is 12.3. The Morgan fingerprint density at radius 1 is 1.00 bits per heavy atom. The number of carbonyl (C=O) groups excluding carboxylic acids is 1. The molecule has 2 saturated heterocycles. The fourth-order valence-corrected chi connectivity index (χ4v) is 4.08. The molecule has 0 aromatic heterocycles. The number of carbonyl (C=O) groups is 1. The number of likely N-dealkylation sites (tertiary alicyclic amines) is 2. The predicted octanol–water partition coefficient (Wildman–Crippen LogP) is 4.17. The van der Waals surface area contributed by atoms with E-state index in [2.05, 4.69) is 37.5 Å². The molecular weight excluding hydrogens is 284 g/mol. The highest BCUT2D eigenvalue weighted by Gasteiger charge is 2.38. The Morgan fingerprint density at radius 3 is 2.09 bits per heavy atom. The molecule has 0 aliphatic carbocycles. The molecule has 2 aliphatic rings. The summed E-state index contributed by atoms with van der Waals surface area (Å²) in [6.07, 6.45) is 8.22. The molecule has 3 nitrogen and oxygen atoms in total. The topological polar surface area (TPSA) is 23.6 Å². The fraction of sp³-hybridized carbons (Fsp3) is 0.950. The minimum atomic E-state index is 0.391. The smallest absolute Gasteiger partial charge is 0.222 e. The summed E-state index contributed by atoms with van der Waals surface area (Å²) in [7, 11) is 0. The minimum Gasteiger partial charge on any atom is -0.343 e. The molecule has 23 heavy (non-hydrogen) atoms. The van der Waals surface area contributed by atoms with Gasteiger partial charge in [0.05, 0.1) is 0 Å². The SMILES string of the molecule is CCC(C)CN1CCC2(CC1)CCN(C(=O)CCC(C)C)CC2. The van der Waals surface area contributed by atoms with Gasteiger partial charge in [0.25, 0.3) is 0 Å². The standard InChI is InChI=1S/C20H38N2O/c1-5-18(4)16-21-12-8-20(9-13-21)10-14-22(15-11-20)19(23)7-6-17(2)3/h17-18H,5-16H2,1-4H3. The summed E-state index contributed by atoms with van der Waals surface area (Å²) in [4.78, 5) is 17.1. The van der Waals surface area contributed by atoms with Crippen LogP contribution >= 0.6 is 0 Å². The summed E-state index contributed by atoms with van der Waals surface area (Å²) in [6, 6.07) is 0. The van der Waals surface area contributed by atoms with Crippen molar-refractivity contribution in [2.45, 2.75) is 72.6 Å². The molecule has 0 aromatic rings. The molecule has 1 spiro atoms. The Morgan fingerprint density at radius 2 is 1.57 bits per heavy atom. The van der Waals surface area contributed by atoms with Crippen molar-refractivity contribution in [3.63, 3.8) is 0 Å². The molecule has 2 heterocycles. The van der Waals surface area contributed by atoms with Crippen molar-refractivity contribution in [3.8, 4) is 0 Å². The van der Waals surface area contributed by atoms with Gasteiger partial charge >= 0.3 is 0 Å². The van der Waals surface area contributed by atoms with Crippen LogP contribution in [0.5, 0.6) is 0 Å². The van der Waals surface area contributed by atoms with E-state index in [4.69, 9.17) is 0 Å². The third kappa shape index (κ3) is 5.48. The first kappa shape index (κ1) is 18.8. The van der Waals surface area contributed by atoms with Gasteiger partial charge in [-0.25, -0.2) is 0 Å². The second kappa shape index (κ2) is 8.50. The average Bonchev–Trinajstić information content (AvgIpc) is 2.55. The number of amides is 1. The summed E-state index contributed by atoms with van der Waals surface area (Å²) in [5, 5.41) is 0. The van der Waals surface area contributed by atoms with Crippen molar-refractivity contribution < 1.29 is 4.79 Å². The van der Waals surface area contributed by atoms with Gasteiger partial charge in [0.15, 0.2) is 0 Å². The van der Waals surface area contributed by atoms with E-state index in [-0.39, 0.29) is 0 Å². The van der Waals surface area contributed by atoms with Crippen LogP contribution in [0, 0.1) is 17.3 Å². The first-order valence-corrected chi connectivity index (χ1v) is 9.94. The third-order valence-corrected chi connectivity index (χ3v) is 6.30. The Hall–Kier alpha value is -0.570. The van der Waals surface area contributed by atoms with Crippen LogP contribution in [-0.2, 0) is 4.79 Å². The van der Waals surface area contributed by atoms with Crippen LogP contribution < -0.4 is 0 Å². The number of hydrogen-bond donors (Lipinski definition) is 0. The molecule has 134 valence electrons. The van der Waals surface area contributed by atoms with Gasteiger partial charge in [0.1, 0.15) is 0 Å². The van der Waals surface area contributed by atoms with E-state index in [0.717, 1.165) is 31.8 Å². The Bertz CT molecular complexity index is 362. The van der Waals surface area contributed by atoms with E-state index in [0.29, 0.717) is 17.2 Å². The maximum atomic E-state index is 12.3. The summed E-state index contributed by atoms with van der Waals surface area (Å²) in [5.41, 5.74) is 0.542. The molecule has 0 saturated carbocycles. The van der Waals surface area contributed by atoms with Gasteiger partial charge in [-0.15, -0.1) is 0 Å². The van der Waals surface area contributed by atoms with Gasteiger partial charge in [-0.1, -0.05) is 34.1 Å². The Kier molecular flexibility index (Phi) is 6.94. The van der Waals surface area contributed by atoms with E-state index in [1.807, 2.05) is 0 Å². The number of rotatable bonds is 6. The quantitative estimate of drug-likeness (QED) is 0.732. The molecule has 0 aromatic carbocycles. The van der Waals surface area contributed by atoms with E-state index in [1.54, 1.807) is 0 Å². The van der Waals surface area contributed by atoms with E-state index < -0.39 is 0 Å². The molecule has 2 aliphatic heterocycles. The number of nitrogens with zero attached hydrogens (tertiary/aromatic N) is 2. The largest absolute Gasteiger partial charge is 0.343 e. The Labute approximate surface area is 143 Å². The highest BCUT2D eigenvalue weighted by Crippen LogP contribution is 2.41. The second-order valence-corrected chi connectivity index (χ2v) is 8.63. The summed E-state index contributed by atoms with van der Waals surface area (Å²) < 4.78 is 0. The van der Waals surface area contributed by atoms with Crippen LogP contribution in [0.4, 0.5) is 0 Å². The molecule has 1 amide bonds. The lowest BCUT2D eigenvalue weighted by molar-refractivity contribution is -0.134. The van der Waals surface area contributed by atoms with Gasteiger partial charge in [0.2, 0.25) is 5.91 Å². The Balaban J connectivity index is 1.73. The van der Waals surface area contributed by atoms with Crippen molar-refractivity contribution in [2.24, 2.45) is 17.3 Å². The van der Waals surface area contributed by atoms with Crippen molar-refractivity contribution in [2.75, 3.05) is 32.7 Å². The molecule has 2 fully saturated rings. The lowest BCUT2D eigenvalue weighted by atomic mass is 9.71. The molecule has 1 atom stereocenters. The zero-order valence-corrected chi connectivity index (χ0v) is 15.9. The second-order valence-electron chi connectivity index (χ2n) is 8.63. The first-order chi connectivity index (χ1) is 10.9. The predicted molar refractivity (Wildman–Crippen MR) is 97.4 cm³/mol. The van der Waals surface area contributed by atoms with Crippen molar-refractivity contribution in [3.05, 3.63) is 0 Å². The van der Waals surface area contributed by atoms with Gasteiger partial charge in [-0.3, -0.25) is 4.79 Å². The van der Waals surface area contributed by atoms with Crippen LogP contribution in [0.15, 0.2) is 0 Å². The zero-order chi connectivity index (χ0) is 16.9. The van der Waals surface area contributed by atoms with Gasteiger partial charge in [0, 0.05) is 26.1 Å². The molecule has 0 bridgehead atoms. The summed E-state index contributed by atoms with van der Waals surface area (Å²) in [6.45, 7) is 14.9. The molecule has 0 radical (unpaired) electrons. The molecular formula is C20H38N2O. The van der Waals surface area contributed by atoms with Crippen LogP contribution in [0.3, 0.4) is 0 Å². The van der Waals surface area contributed by atoms with Gasteiger partial charge in [-0.2, -0.15) is 0 Å². The van der Waals surface area contributed by atoms with Crippen molar-refractivity contribution >= 4 is 5.91 Å². The van der Waals surface area contributed by atoms with Crippen LogP contribution in [-0.4, -0.2) is 48.4 Å². The van der Waals surface area contributed by atoms with Gasteiger partial charge in [-0.05, 0) is 62.4 Å². The highest BCUT2D eigenvalue weighted by atomic mass is 16.2. The van der Waals surface area contributed by atoms with Crippen LogP contribution in [0.2, 0.25) is 0 Å². The number of hydrogen-bond acceptors (Lipinski definition) is 2. The normalized spacial score (nSPS) is 23.4. The zero-order valence-electron chi connectivity index (χ0n) is 15.9. The molecule has 0 N–H and O–H groups in total. The summed E-state index contributed by atoms with van der Waals surface area (Å²) >= 11 is 0. The van der Waals surface area contributed by atoms with E-state index >= 15 is 0 Å². The van der Waals surface area contributed by atoms with Gasteiger partial charge < -0.3 is 9.80 Å². The van der Waals surface area contributed by atoms with E-state index in [9.17, 15) is 4.79 Å². The van der Waals surface area contributed by atoms with Crippen molar-refractivity contribution in [1.82, 2.24) is 9.80 Å². The van der Waals surface area contributed by atoms with Crippen molar-refractivity contribution in [1.29, 1.82) is 0 Å². The summed E-state index contributed by atoms with van der Waals surface area (Å²) in [5.74, 6) is 1.84. The fourth-order valence-electron chi connectivity index (χ4n) is 4.08. The lowest BCUT2D eigenvalue weighted by Gasteiger charge is -2.47. The lowest BCUT2D eigenvalue weighted by Crippen LogP contribution is -2.48. The van der Waals surface area contributed by atoms with Crippen LogP contribution in [0.1, 0.15) is 72.6 Å². The third-order valence-electron chi connectivity index (χ3n) is 6.30. The molecule has 1 unspecified atom stereocenters. The maximum Gasteiger partial charge on any atom is 0.222 e. The first-order valence-electron chi connectivity index (χ1n) is 9.94. The van der Waals surface area contributed by atoms with Crippen LogP contribution in [0.25, 0.3) is 0 Å². The minimum absolute atomic E-state index is 0.391. The monoisotopic (exact) mass is 322 g/mol. The number of piperidine rings is 2. The highest BCUT2D eigenvalue weighted by molar-refractivity contribution is 5.76. The molecule has 3 heteroatoms. The molecule has 2 rings (SSSR count).